The van der Waals surface area contributed by atoms with Crippen molar-refractivity contribution < 1.29 is 4.79 Å². The monoisotopic (exact) mass is 338 g/mol. The molecule has 1 aromatic carbocycles. The Morgan fingerprint density at radius 2 is 2.10 bits per heavy atom. The number of benzene rings is 1. The second kappa shape index (κ2) is 6.72. The quantitative estimate of drug-likeness (QED) is 0.882. The van der Waals surface area contributed by atoms with Gasteiger partial charge in [-0.2, -0.15) is 0 Å². The lowest BCUT2D eigenvalue weighted by Crippen LogP contribution is -2.47. The summed E-state index contributed by atoms with van der Waals surface area (Å²) in [6, 6.07) is 8.06. The lowest BCUT2D eigenvalue weighted by molar-refractivity contribution is -0.133. The maximum atomic E-state index is 12.6. The molecule has 4 heteroatoms. The molecular formula is C16H23BrN2O. The van der Waals surface area contributed by atoms with Gasteiger partial charge < -0.3 is 11.1 Å². The van der Waals surface area contributed by atoms with Crippen molar-refractivity contribution in [3.8, 4) is 0 Å². The summed E-state index contributed by atoms with van der Waals surface area (Å²) < 4.78 is 1.03. The van der Waals surface area contributed by atoms with Gasteiger partial charge in [-0.3, -0.25) is 4.79 Å². The van der Waals surface area contributed by atoms with Gasteiger partial charge in [0.25, 0.3) is 0 Å². The van der Waals surface area contributed by atoms with Crippen LogP contribution in [-0.4, -0.2) is 12.5 Å². The Morgan fingerprint density at radius 1 is 1.40 bits per heavy atom. The Labute approximate surface area is 129 Å². The molecule has 0 spiro atoms. The zero-order valence-electron chi connectivity index (χ0n) is 12.0. The number of hydrogen-bond donors (Lipinski definition) is 2. The molecule has 3 nitrogen and oxygen atoms in total. The second-order valence-corrected chi connectivity index (χ2v) is 6.71. The third-order valence-electron chi connectivity index (χ3n) is 4.38. The summed E-state index contributed by atoms with van der Waals surface area (Å²) in [4.78, 5) is 12.6. The highest BCUT2D eigenvalue weighted by molar-refractivity contribution is 9.10. The summed E-state index contributed by atoms with van der Waals surface area (Å²) in [5, 5.41) is 3.15. The van der Waals surface area contributed by atoms with E-state index in [0.717, 1.165) is 35.7 Å². The fourth-order valence-electron chi connectivity index (χ4n) is 2.96. The normalized spacial score (nSPS) is 19.4. The van der Waals surface area contributed by atoms with Crippen LogP contribution in [0.4, 0.5) is 0 Å². The maximum Gasteiger partial charge on any atom is 0.227 e. The molecule has 0 aromatic heterocycles. The zero-order chi connectivity index (χ0) is 14.6. The van der Waals surface area contributed by atoms with E-state index in [-0.39, 0.29) is 17.4 Å². The van der Waals surface area contributed by atoms with Crippen molar-refractivity contribution in [3.63, 3.8) is 0 Å². The van der Waals surface area contributed by atoms with Gasteiger partial charge >= 0.3 is 0 Å². The lowest BCUT2D eigenvalue weighted by atomic mass is 9.73. The van der Waals surface area contributed by atoms with Crippen molar-refractivity contribution in [2.24, 2.45) is 11.1 Å². The predicted octanol–water partition coefficient (Wildman–Crippen LogP) is 3.54. The third-order valence-corrected chi connectivity index (χ3v) is 4.87. The smallest absolute Gasteiger partial charge is 0.227 e. The van der Waals surface area contributed by atoms with E-state index in [4.69, 9.17) is 5.73 Å². The summed E-state index contributed by atoms with van der Waals surface area (Å²) in [6.07, 6.45) is 5.27. The Kier molecular flexibility index (Phi) is 5.22. The van der Waals surface area contributed by atoms with Gasteiger partial charge in [0.1, 0.15) is 0 Å². The van der Waals surface area contributed by atoms with Gasteiger partial charge in [-0.05, 0) is 37.5 Å². The molecule has 1 saturated carbocycles. The molecule has 20 heavy (non-hydrogen) atoms. The van der Waals surface area contributed by atoms with Gasteiger partial charge in [0.15, 0.2) is 0 Å². The van der Waals surface area contributed by atoms with Crippen molar-refractivity contribution >= 4 is 21.8 Å². The lowest BCUT2D eigenvalue weighted by Gasteiger charge is -2.35. The highest BCUT2D eigenvalue weighted by atomic mass is 79.9. The molecule has 1 aliphatic carbocycles. The fraction of sp³-hybridized carbons (Fsp3) is 0.562. The molecule has 110 valence electrons. The van der Waals surface area contributed by atoms with Crippen LogP contribution in [0.5, 0.6) is 0 Å². The number of amides is 1. The Morgan fingerprint density at radius 3 is 2.70 bits per heavy atom. The number of hydrogen-bond acceptors (Lipinski definition) is 2. The van der Waals surface area contributed by atoms with Crippen LogP contribution < -0.4 is 11.1 Å². The molecule has 1 fully saturated rings. The van der Waals surface area contributed by atoms with Crippen molar-refractivity contribution in [2.45, 2.75) is 45.1 Å². The maximum absolute atomic E-state index is 12.6. The summed E-state index contributed by atoms with van der Waals surface area (Å²) in [5.41, 5.74) is 6.67. The van der Waals surface area contributed by atoms with E-state index >= 15 is 0 Å². The van der Waals surface area contributed by atoms with Crippen LogP contribution in [0.2, 0.25) is 0 Å². The number of nitrogens with two attached hydrogens (primary N) is 1. The van der Waals surface area contributed by atoms with Crippen LogP contribution in [0.25, 0.3) is 0 Å². The van der Waals surface area contributed by atoms with Crippen molar-refractivity contribution in [2.75, 3.05) is 6.54 Å². The van der Waals surface area contributed by atoms with Crippen molar-refractivity contribution in [1.29, 1.82) is 0 Å². The molecule has 1 unspecified atom stereocenters. The van der Waals surface area contributed by atoms with E-state index in [0.29, 0.717) is 6.54 Å². The summed E-state index contributed by atoms with van der Waals surface area (Å²) >= 11 is 3.46. The topological polar surface area (TPSA) is 55.1 Å². The average Bonchev–Trinajstić information content (AvgIpc) is 2.47. The number of halogens is 1. The standard InChI is InChI=1S/C16H23BrN2O/c1-12(13-6-5-7-14(17)10-13)19-15(20)16(11-18)8-3-2-4-9-16/h5-7,10,12H,2-4,8-9,11,18H2,1H3,(H,19,20). The molecule has 1 atom stereocenters. The largest absolute Gasteiger partial charge is 0.349 e. The molecule has 3 N–H and O–H groups in total. The molecular weight excluding hydrogens is 316 g/mol. The summed E-state index contributed by atoms with van der Waals surface area (Å²) in [5.74, 6) is 0.118. The van der Waals surface area contributed by atoms with Crippen molar-refractivity contribution in [3.05, 3.63) is 34.3 Å². The van der Waals surface area contributed by atoms with Crippen LogP contribution in [0.15, 0.2) is 28.7 Å². The molecule has 1 aliphatic rings. The Hall–Kier alpha value is -0.870. The second-order valence-electron chi connectivity index (χ2n) is 5.80. The molecule has 0 bridgehead atoms. The number of carbonyl (C=O) groups excluding carboxylic acids is 1. The first kappa shape index (κ1) is 15.5. The number of carbonyl (C=O) groups is 1. The molecule has 0 saturated heterocycles. The highest BCUT2D eigenvalue weighted by Gasteiger charge is 2.38. The van der Waals surface area contributed by atoms with Gasteiger partial charge in [-0.25, -0.2) is 0 Å². The average molecular weight is 339 g/mol. The van der Waals surface area contributed by atoms with E-state index in [1.165, 1.54) is 6.42 Å². The van der Waals surface area contributed by atoms with Gasteiger partial charge in [0.2, 0.25) is 5.91 Å². The zero-order valence-corrected chi connectivity index (χ0v) is 13.6. The minimum atomic E-state index is -0.349. The van der Waals surface area contributed by atoms with Crippen LogP contribution >= 0.6 is 15.9 Å². The molecule has 0 radical (unpaired) electrons. The molecule has 1 amide bonds. The summed E-state index contributed by atoms with van der Waals surface area (Å²) in [6.45, 7) is 2.47. The van der Waals surface area contributed by atoms with Gasteiger partial charge in [-0.1, -0.05) is 47.3 Å². The molecule has 2 rings (SSSR count). The molecule has 0 aliphatic heterocycles. The van der Waals surface area contributed by atoms with Gasteiger partial charge in [0.05, 0.1) is 11.5 Å². The van der Waals surface area contributed by atoms with E-state index in [9.17, 15) is 4.79 Å². The van der Waals surface area contributed by atoms with E-state index in [1.54, 1.807) is 0 Å². The van der Waals surface area contributed by atoms with Gasteiger partial charge in [-0.15, -0.1) is 0 Å². The molecule has 0 heterocycles. The number of nitrogens with one attached hydrogen (secondary N) is 1. The highest BCUT2D eigenvalue weighted by Crippen LogP contribution is 2.36. The SMILES string of the molecule is CC(NC(=O)C1(CN)CCCCC1)c1cccc(Br)c1. The van der Waals surface area contributed by atoms with Gasteiger partial charge in [0, 0.05) is 11.0 Å². The van der Waals surface area contributed by atoms with Crippen LogP contribution in [0, 0.1) is 5.41 Å². The van der Waals surface area contributed by atoms with Crippen LogP contribution in [0.3, 0.4) is 0 Å². The van der Waals surface area contributed by atoms with E-state index in [1.807, 2.05) is 31.2 Å². The van der Waals surface area contributed by atoms with Crippen molar-refractivity contribution in [1.82, 2.24) is 5.32 Å². The minimum absolute atomic E-state index is 0.00496. The summed E-state index contributed by atoms with van der Waals surface area (Å²) in [7, 11) is 0. The first-order valence-corrected chi connectivity index (χ1v) is 8.13. The van der Waals surface area contributed by atoms with E-state index < -0.39 is 0 Å². The third kappa shape index (κ3) is 3.41. The fourth-order valence-corrected chi connectivity index (χ4v) is 3.38. The number of rotatable bonds is 4. The van der Waals surface area contributed by atoms with Crippen LogP contribution in [0.1, 0.15) is 50.6 Å². The minimum Gasteiger partial charge on any atom is -0.349 e. The Balaban J connectivity index is 2.06. The predicted molar refractivity (Wildman–Crippen MR) is 85.3 cm³/mol. The Bertz CT molecular complexity index is 469. The first-order valence-electron chi connectivity index (χ1n) is 7.34. The van der Waals surface area contributed by atoms with Crippen LogP contribution in [-0.2, 0) is 4.79 Å². The molecule has 1 aromatic rings. The first-order chi connectivity index (χ1) is 9.57. The van der Waals surface area contributed by atoms with E-state index in [2.05, 4.69) is 21.2 Å².